The lowest BCUT2D eigenvalue weighted by molar-refractivity contribution is 0.614. The summed E-state index contributed by atoms with van der Waals surface area (Å²) in [6.45, 7) is 1.69. The molecule has 1 aromatic carbocycles. The van der Waals surface area contributed by atoms with Gasteiger partial charge in [-0.1, -0.05) is 12.1 Å². The molecule has 0 bridgehead atoms. The first kappa shape index (κ1) is 14.5. The van der Waals surface area contributed by atoms with Gasteiger partial charge in [0.05, 0.1) is 0 Å². The van der Waals surface area contributed by atoms with Gasteiger partial charge in [0, 0.05) is 22.4 Å². The van der Waals surface area contributed by atoms with Crippen LogP contribution in [-0.2, 0) is 9.24 Å². The van der Waals surface area contributed by atoms with E-state index in [4.69, 9.17) is 15.1 Å². The molecule has 10 heteroatoms. The molecule has 2 aromatic heterocycles. The Balaban J connectivity index is 1.91. The molecule has 0 aliphatic carbocycles. The number of para-hydroxylation sites is 2. The molecule has 0 saturated heterocycles. The number of oxazole rings is 1. The molecule has 0 spiro atoms. The summed E-state index contributed by atoms with van der Waals surface area (Å²) in [7, 11) is 1.14. The van der Waals surface area contributed by atoms with Crippen LogP contribution in [0.1, 0.15) is 5.69 Å². The molecule has 0 unspecified atom stereocenters. The van der Waals surface area contributed by atoms with Crippen LogP contribution in [0.15, 0.2) is 34.7 Å². The molecule has 0 aliphatic heterocycles. The smallest absolute Gasteiger partial charge is 0.321 e. The predicted molar refractivity (Wildman–Crippen MR) is 82.5 cm³/mol. The maximum Gasteiger partial charge on any atom is 0.321 e. The molecule has 0 radical (unpaired) electrons. The van der Waals surface area contributed by atoms with Gasteiger partial charge in [-0.3, -0.25) is 5.32 Å². The molecule has 114 valence electrons. The number of halogens is 1. The van der Waals surface area contributed by atoms with Gasteiger partial charge < -0.3 is 4.42 Å². The van der Waals surface area contributed by atoms with Crippen LogP contribution in [0.5, 0.6) is 0 Å². The van der Waals surface area contributed by atoms with Gasteiger partial charge in [0.2, 0.25) is 5.95 Å². The summed E-state index contributed by atoms with van der Waals surface area (Å²) < 4.78 is 29.5. The number of nitrogens with one attached hydrogen (secondary N) is 2. The molecule has 0 amide bonds. The van der Waals surface area contributed by atoms with Gasteiger partial charge in [0.1, 0.15) is 11.3 Å². The minimum Gasteiger partial charge on any atom is -0.423 e. The minimum atomic E-state index is -3.97. The van der Waals surface area contributed by atoms with Gasteiger partial charge >= 0.3 is 15.3 Å². The fourth-order valence-corrected chi connectivity index (χ4v) is 2.34. The van der Waals surface area contributed by atoms with Crippen LogP contribution < -0.4 is 10.0 Å². The van der Waals surface area contributed by atoms with Crippen LogP contribution in [-0.4, -0.2) is 23.4 Å². The van der Waals surface area contributed by atoms with E-state index in [0.717, 1.165) is 0 Å². The average Bonchev–Trinajstić information content (AvgIpc) is 2.77. The Kier molecular flexibility index (Phi) is 3.59. The molecular weight excluding hydrogens is 330 g/mol. The Bertz CT molecular complexity index is 908. The van der Waals surface area contributed by atoms with E-state index in [0.29, 0.717) is 22.6 Å². The highest BCUT2D eigenvalue weighted by Gasteiger charge is 2.11. The summed E-state index contributed by atoms with van der Waals surface area (Å²) in [5.74, 6) is 0.176. The van der Waals surface area contributed by atoms with Gasteiger partial charge in [-0.2, -0.15) is 18.4 Å². The molecule has 0 fully saturated rings. The van der Waals surface area contributed by atoms with E-state index in [2.05, 4.69) is 20.3 Å². The number of nitrogens with zero attached hydrogens (tertiary/aromatic N) is 3. The summed E-state index contributed by atoms with van der Waals surface area (Å²) >= 11 is 0. The Morgan fingerprint density at radius 1 is 1.18 bits per heavy atom. The second-order valence-electron chi connectivity index (χ2n) is 4.37. The first-order valence-electron chi connectivity index (χ1n) is 6.10. The second kappa shape index (κ2) is 5.43. The largest absolute Gasteiger partial charge is 0.423 e. The zero-order valence-corrected chi connectivity index (χ0v) is 12.8. The van der Waals surface area contributed by atoms with E-state index in [1.807, 2.05) is 22.9 Å². The number of hydrogen-bond donors (Lipinski definition) is 2. The lowest BCUT2D eigenvalue weighted by atomic mass is 10.3. The molecule has 0 atom stereocenters. The average molecular weight is 340 g/mol. The number of aryl methyl sites for hydroxylation is 1. The molecule has 8 nitrogen and oxygen atoms in total. The number of aromatic nitrogens is 3. The van der Waals surface area contributed by atoms with Crippen molar-refractivity contribution in [3.63, 3.8) is 0 Å². The molecule has 2 heterocycles. The normalized spacial score (nSPS) is 11.5. The summed E-state index contributed by atoms with van der Waals surface area (Å²) in [5.41, 5.74) is 1.85. The molecular formula is C12H10ClN5O3S. The summed E-state index contributed by atoms with van der Waals surface area (Å²) in [5, 5.41) is 2.85. The number of fused-ring (bicyclic) bond motifs is 1. The van der Waals surface area contributed by atoms with Gasteiger partial charge in [0.25, 0.3) is 0 Å². The molecule has 22 heavy (non-hydrogen) atoms. The molecule has 3 rings (SSSR count). The van der Waals surface area contributed by atoms with E-state index in [1.54, 1.807) is 19.1 Å². The first-order chi connectivity index (χ1) is 10.4. The summed E-state index contributed by atoms with van der Waals surface area (Å²) in [6, 6.07) is 9.12. The predicted octanol–water partition coefficient (Wildman–Crippen LogP) is 2.57. The number of anilines is 3. The van der Waals surface area contributed by atoms with Crippen molar-refractivity contribution in [2.45, 2.75) is 6.92 Å². The van der Waals surface area contributed by atoms with Gasteiger partial charge in [-0.25, -0.2) is 9.71 Å². The van der Waals surface area contributed by atoms with Crippen LogP contribution >= 0.6 is 10.7 Å². The summed E-state index contributed by atoms with van der Waals surface area (Å²) in [4.78, 5) is 12.2. The Morgan fingerprint density at radius 2 is 1.95 bits per heavy atom. The van der Waals surface area contributed by atoms with Crippen LogP contribution in [0, 0.1) is 6.92 Å². The van der Waals surface area contributed by atoms with Crippen molar-refractivity contribution in [2.24, 2.45) is 0 Å². The van der Waals surface area contributed by atoms with Crippen molar-refractivity contribution in [3.8, 4) is 0 Å². The monoisotopic (exact) mass is 339 g/mol. The molecule has 3 aromatic rings. The Morgan fingerprint density at radius 3 is 2.68 bits per heavy atom. The van der Waals surface area contributed by atoms with Gasteiger partial charge in [-0.05, 0) is 19.1 Å². The van der Waals surface area contributed by atoms with Crippen LogP contribution in [0.4, 0.5) is 17.8 Å². The van der Waals surface area contributed by atoms with Crippen molar-refractivity contribution < 1.29 is 12.8 Å². The first-order valence-corrected chi connectivity index (χ1v) is 8.41. The highest BCUT2D eigenvalue weighted by Crippen LogP contribution is 2.22. The van der Waals surface area contributed by atoms with Crippen LogP contribution in [0.3, 0.4) is 0 Å². The van der Waals surface area contributed by atoms with Crippen molar-refractivity contribution in [2.75, 3.05) is 10.0 Å². The quantitative estimate of drug-likeness (QED) is 0.703. The van der Waals surface area contributed by atoms with Gasteiger partial charge in [-0.15, -0.1) is 0 Å². The number of hydrogen-bond acceptors (Lipinski definition) is 7. The van der Waals surface area contributed by atoms with Crippen molar-refractivity contribution in [1.82, 2.24) is 15.0 Å². The van der Waals surface area contributed by atoms with Crippen LogP contribution in [0.2, 0.25) is 0 Å². The SMILES string of the molecule is Cc1cc(Nc2nc3ccccc3o2)nc(NS(=O)(=O)Cl)n1. The third kappa shape index (κ3) is 3.43. The Hall–Kier alpha value is -2.39. The summed E-state index contributed by atoms with van der Waals surface area (Å²) in [6.07, 6.45) is 0. The standard InChI is InChI=1S/C12H10ClN5O3S/c1-7-6-10(16-11(14-7)18-22(13,19)20)17-12-15-8-4-2-3-5-9(8)21-12/h2-6H,1H3,(H2,14,15,16,17,18). The zero-order chi connectivity index (χ0) is 15.7. The molecule has 0 aliphatic rings. The fourth-order valence-electron chi connectivity index (χ4n) is 1.82. The second-order valence-corrected chi connectivity index (χ2v) is 6.67. The third-order valence-corrected chi connectivity index (χ3v) is 3.25. The molecule has 2 N–H and O–H groups in total. The number of benzene rings is 1. The van der Waals surface area contributed by atoms with E-state index in [-0.39, 0.29) is 12.0 Å². The fraction of sp³-hybridized carbons (Fsp3) is 0.0833. The minimum absolute atomic E-state index is 0.145. The topological polar surface area (TPSA) is 110 Å². The van der Waals surface area contributed by atoms with Gasteiger partial charge in [0.15, 0.2) is 5.58 Å². The third-order valence-electron chi connectivity index (χ3n) is 2.60. The van der Waals surface area contributed by atoms with Crippen molar-refractivity contribution in [1.29, 1.82) is 0 Å². The van der Waals surface area contributed by atoms with Crippen molar-refractivity contribution >= 4 is 48.8 Å². The number of rotatable bonds is 4. The maximum absolute atomic E-state index is 11.0. The van der Waals surface area contributed by atoms with E-state index in [1.165, 1.54) is 0 Å². The highest BCUT2D eigenvalue weighted by atomic mass is 35.7. The van der Waals surface area contributed by atoms with E-state index >= 15 is 0 Å². The lowest BCUT2D eigenvalue weighted by Crippen LogP contribution is -2.09. The van der Waals surface area contributed by atoms with E-state index in [9.17, 15) is 8.42 Å². The van der Waals surface area contributed by atoms with Crippen LogP contribution in [0.25, 0.3) is 11.1 Å². The van der Waals surface area contributed by atoms with E-state index < -0.39 is 9.24 Å². The molecule has 0 saturated carbocycles. The highest BCUT2D eigenvalue weighted by molar-refractivity contribution is 8.14. The lowest BCUT2D eigenvalue weighted by Gasteiger charge is -2.05. The zero-order valence-electron chi connectivity index (χ0n) is 11.2. The maximum atomic E-state index is 11.0. The van der Waals surface area contributed by atoms with Crippen molar-refractivity contribution in [3.05, 3.63) is 36.0 Å². The Labute approximate surface area is 130 Å².